The van der Waals surface area contributed by atoms with E-state index in [1.165, 1.54) is 0 Å². The van der Waals surface area contributed by atoms with E-state index in [0.29, 0.717) is 12.2 Å². The second-order valence-electron chi connectivity index (χ2n) is 6.62. The topological polar surface area (TPSA) is 83.8 Å². The van der Waals surface area contributed by atoms with E-state index in [0.717, 1.165) is 24.8 Å². The van der Waals surface area contributed by atoms with E-state index in [1.807, 2.05) is 32.2 Å². The fourth-order valence-electron chi connectivity index (χ4n) is 3.18. The Labute approximate surface area is 148 Å². The Kier molecular flexibility index (Phi) is 5.10. The highest BCUT2D eigenvalue weighted by Gasteiger charge is 2.29. The second kappa shape index (κ2) is 7.13. The van der Waals surface area contributed by atoms with Crippen molar-refractivity contribution >= 4 is 21.6 Å². The minimum Gasteiger partial charge on any atom is -0.350 e. The van der Waals surface area contributed by atoms with Gasteiger partial charge in [0.15, 0.2) is 0 Å². The van der Waals surface area contributed by atoms with E-state index in [9.17, 15) is 13.2 Å². The van der Waals surface area contributed by atoms with Gasteiger partial charge in [0.1, 0.15) is 11.3 Å². The van der Waals surface area contributed by atoms with Crippen LogP contribution in [0, 0.1) is 6.92 Å². The molecule has 0 aromatic carbocycles. The lowest BCUT2D eigenvalue weighted by Crippen LogP contribution is -2.45. The Morgan fingerprint density at radius 1 is 1.40 bits per heavy atom. The van der Waals surface area contributed by atoms with Gasteiger partial charge in [0.2, 0.25) is 10.0 Å². The van der Waals surface area contributed by atoms with E-state index in [2.05, 4.69) is 10.3 Å². The van der Waals surface area contributed by atoms with Gasteiger partial charge < -0.3 is 9.72 Å². The predicted octanol–water partition coefficient (Wildman–Crippen LogP) is 1.58. The second-order valence-corrected chi connectivity index (χ2v) is 8.66. The lowest BCUT2D eigenvalue weighted by atomic mass is 10.1. The molecule has 1 N–H and O–H groups in total. The van der Waals surface area contributed by atoms with Crippen LogP contribution < -0.4 is 5.32 Å². The normalized spacial score (nSPS) is 19.2. The summed E-state index contributed by atoms with van der Waals surface area (Å²) >= 11 is 0. The number of hydrogen-bond donors (Lipinski definition) is 1. The Morgan fingerprint density at radius 2 is 2.20 bits per heavy atom. The summed E-state index contributed by atoms with van der Waals surface area (Å²) in [6, 6.07) is 3.86. The van der Waals surface area contributed by atoms with Gasteiger partial charge in [-0.15, -0.1) is 0 Å². The van der Waals surface area contributed by atoms with Crippen molar-refractivity contribution in [3.63, 3.8) is 0 Å². The van der Waals surface area contributed by atoms with Crippen molar-refractivity contribution < 1.29 is 13.2 Å². The van der Waals surface area contributed by atoms with Gasteiger partial charge in [0, 0.05) is 31.5 Å². The Balaban J connectivity index is 1.59. The minimum absolute atomic E-state index is 0.0381. The van der Waals surface area contributed by atoms with Crippen LogP contribution in [0.4, 0.5) is 0 Å². The zero-order chi connectivity index (χ0) is 18.0. The molecule has 0 spiro atoms. The SMILES string of the molecule is Cc1ccn2cc(C(=O)NCCS(=O)(=O)N3CCCC[C@H]3C)nc2c1. The molecule has 136 valence electrons. The summed E-state index contributed by atoms with van der Waals surface area (Å²) in [6.45, 7) is 4.55. The number of nitrogens with one attached hydrogen (secondary N) is 1. The van der Waals surface area contributed by atoms with Crippen LogP contribution in [0.3, 0.4) is 0 Å². The van der Waals surface area contributed by atoms with Crippen molar-refractivity contribution in [2.24, 2.45) is 0 Å². The Morgan fingerprint density at radius 3 is 2.96 bits per heavy atom. The quantitative estimate of drug-likeness (QED) is 0.873. The zero-order valence-corrected chi connectivity index (χ0v) is 15.4. The Bertz CT molecular complexity index is 875. The third-order valence-corrected chi connectivity index (χ3v) is 6.57. The van der Waals surface area contributed by atoms with Crippen molar-refractivity contribution in [1.29, 1.82) is 0 Å². The van der Waals surface area contributed by atoms with Crippen molar-refractivity contribution in [1.82, 2.24) is 19.0 Å². The number of sulfonamides is 1. The number of nitrogens with zero attached hydrogens (tertiary/aromatic N) is 3. The number of imidazole rings is 1. The van der Waals surface area contributed by atoms with Crippen LogP contribution in [-0.4, -0.2) is 52.9 Å². The van der Waals surface area contributed by atoms with Gasteiger partial charge in [-0.3, -0.25) is 4.79 Å². The van der Waals surface area contributed by atoms with Gasteiger partial charge in [-0.2, -0.15) is 4.31 Å². The average molecular weight is 364 g/mol. The fourth-order valence-corrected chi connectivity index (χ4v) is 4.84. The Hall–Kier alpha value is -1.93. The number of rotatable bonds is 5. The molecule has 1 atom stereocenters. The molecule has 3 heterocycles. The lowest BCUT2D eigenvalue weighted by Gasteiger charge is -2.32. The van der Waals surface area contributed by atoms with Gasteiger partial charge in [-0.05, 0) is 44.4 Å². The maximum atomic E-state index is 12.4. The molecule has 2 aromatic rings. The summed E-state index contributed by atoms with van der Waals surface area (Å²) in [4.78, 5) is 16.5. The number of amides is 1. The molecule has 1 aliphatic rings. The van der Waals surface area contributed by atoms with E-state index >= 15 is 0 Å². The summed E-state index contributed by atoms with van der Waals surface area (Å²) in [5.74, 6) is -0.446. The van der Waals surface area contributed by atoms with Crippen molar-refractivity contribution in [3.05, 3.63) is 35.8 Å². The highest BCUT2D eigenvalue weighted by molar-refractivity contribution is 7.89. The average Bonchev–Trinajstić information content (AvgIpc) is 2.98. The third-order valence-electron chi connectivity index (χ3n) is 4.59. The van der Waals surface area contributed by atoms with E-state index in [-0.39, 0.29) is 29.9 Å². The van der Waals surface area contributed by atoms with Crippen LogP contribution in [0.15, 0.2) is 24.5 Å². The molecular formula is C17H24N4O3S. The first kappa shape index (κ1) is 17.9. The predicted molar refractivity (Wildman–Crippen MR) is 96.1 cm³/mol. The molecule has 7 nitrogen and oxygen atoms in total. The van der Waals surface area contributed by atoms with Gasteiger partial charge >= 0.3 is 0 Å². The van der Waals surface area contributed by atoms with E-state index < -0.39 is 10.0 Å². The van der Waals surface area contributed by atoms with E-state index in [1.54, 1.807) is 14.9 Å². The number of carbonyl (C=O) groups excluding carboxylic acids is 1. The monoisotopic (exact) mass is 364 g/mol. The smallest absolute Gasteiger partial charge is 0.271 e. The maximum Gasteiger partial charge on any atom is 0.271 e. The number of aryl methyl sites for hydroxylation is 1. The highest BCUT2D eigenvalue weighted by Crippen LogP contribution is 2.20. The standard InChI is InChI=1S/C17H24N4O3S/c1-13-6-9-20-12-15(19-16(20)11-13)17(22)18-7-10-25(23,24)21-8-4-3-5-14(21)2/h6,9,11-12,14H,3-5,7-8,10H2,1-2H3,(H,18,22)/t14-/m1/s1. The summed E-state index contributed by atoms with van der Waals surface area (Å²) in [5, 5.41) is 2.66. The number of fused-ring (bicyclic) bond motifs is 1. The first-order chi connectivity index (χ1) is 11.9. The summed E-state index contributed by atoms with van der Waals surface area (Å²) in [5.41, 5.74) is 2.04. The molecule has 0 aliphatic carbocycles. The third kappa shape index (κ3) is 4.01. The molecule has 2 aromatic heterocycles. The molecule has 8 heteroatoms. The molecule has 0 radical (unpaired) electrons. The molecule has 0 unspecified atom stereocenters. The molecule has 1 saturated heterocycles. The van der Waals surface area contributed by atoms with Crippen LogP contribution in [0.5, 0.6) is 0 Å². The van der Waals surface area contributed by atoms with Gasteiger partial charge in [0.05, 0.1) is 5.75 Å². The first-order valence-corrected chi connectivity index (χ1v) is 10.2. The fraction of sp³-hybridized carbons (Fsp3) is 0.529. The number of pyridine rings is 1. The lowest BCUT2D eigenvalue weighted by molar-refractivity contribution is 0.0951. The summed E-state index contributed by atoms with van der Waals surface area (Å²) < 4.78 is 28.2. The number of hydrogen-bond acceptors (Lipinski definition) is 4. The van der Waals surface area contributed by atoms with Crippen molar-refractivity contribution in [2.45, 2.75) is 39.2 Å². The highest BCUT2D eigenvalue weighted by atomic mass is 32.2. The summed E-state index contributed by atoms with van der Waals surface area (Å²) in [6.07, 6.45) is 6.35. The number of carbonyl (C=O) groups is 1. The van der Waals surface area contributed by atoms with E-state index in [4.69, 9.17) is 0 Å². The zero-order valence-electron chi connectivity index (χ0n) is 14.6. The van der Waals surface area contributed by atoms with Gasteiger partial charge in [-0.1, -0.05) is 6.42 Å². The molecule has 3 rings (SSSR count). The molecule has 0 bridgehead atoms. The van der Waals surface area contributed by atoms with Crippen molar-refractivity contribution in [3.8, 4) is 0 Å². The first-order valence-electron chi connectivity index (χ1n) is 8.60. The maximum absolute atomic E-state index is 12.4. The van der Waals surface area contributed by atoms with Crippen LogP contribution in [0.2, 0.25) is 0 Å². The van der Waals surface area contributed by atoms with Gasteiger partial charge in [0.25, 0.3) is 5.91 Å². The molecule has 1 fully saturated rings. The molecule has 1 aliphatic heterocycles. The van der Waals surface area contributed by atoms with Crippen LogP contribution in [-0.2, 0) is 10.0 Å². The summed E-state index contributed by atoms with van der Waals surface area (Å²) in [7, 11) is -3.35. The number of piperidine rings is 1. The van der Waals surface area contributed by atoms with Crippen LogP contribution >= 0.6 is 0 Å². The molecule has 25 heavy (non-hydrogen) atoms. The van der Waals surface area contributed by atoms with Crippen LogP contribution in [0.1, 0.15) is 42.2 Å². The number of aromatic nitrogens is 2. The molecular weight excluding hydrogens is 340 g/mol. The molecule has 0 saturated carbocycles. The van der Waals surface area contributed by atoms with Crippen molar-refractivity contribution in [2.75, 3.05) is 18.8 Å². The van der Waals surface area contributed by atoms with Gasteiger partial charge in [-0.25, -0.2) is 13.4 Å². The molecule has 1 amide bonds. The van der Waals surface area contributed by atoms with Crippen LogP contribution in [0.25, 0.3) is 5.65 Å². The largest absolute Gasteiger partial charge is 0.350 e. The minimum atomic E-state index is -3.35.